The van der Waals surface area contributed by atoms with Gasteiger partial charge in [0.1, 0.15) is 0 Å². The number of rotatable bonds is 4. The van der Waals surface area contributed by atoms with Gasteiger partial charge < -0.3 is 4.74 Å². The molecule has 2 aromatic rings. The number of ketones is 1. The van der Waals surface area contributed by atoms with Crippen LogP contribution >= 0.6 is 0 Å². The maximum Gasteiger partial charge on any atom is 0.220 e. The van der Waals surface area contributed by atoms with Crippen molar-refractivity contribution in [2.45, 2.75) is 27.2 Å². The normalized spacial score (nSPS) is 10.2. The van der Waals surface area contributed by atoms with Gasteiger partial charge in [0.2, 0.25) is 5.90 Å². The molecule has 0 bridgehead atoms. The molecule has 23 heavy (non-hydrogen) atoms. The summed E-state index contributed by atoms with van der Waals surface area (Å²) in [6.45, 7) is 5.11. The molecule has 118 valence electrons. The second-order valence-electron chi connectivity index (χ2n) is 5.31. The SMILES string of the molecule is CCc1cccc(-c2ccc(C(=N)OC(C)=N)cc2)c1C(C)=O. The minimum atomic E-state index is -0.0573. The van der Waals surface area contributed by atoms with Crippen LogP contribution in [0.4, 0.5) is 0 Å². The summed E-state index contributed by atoms with van der Waals surface area (Å²) in [7, 11) is 0. The summed E-state index contributed by atoms with van der Waals surface area (Å²) < 4.78 is 4.99. The lowest BCUT2D eigenvalue weighted by molar-refractivity contribution is 0.101. The third-order valence-corrected chi connectivity index (χ3v) is 3.60. The van der Waals surface area contributed by atoms with Crippen molar-refractivity contribution in [3.63, 3.8) is 0 Å². The van der Waals surface area contributed by atoms with E-state index in [4.69, 9.17) is 15.6 Å². The number of benzene rings is 2. The van der Waals surface area contributed by atoms with Crippen molar-refractivity contribution in [2.24, 2.45) is 0 Å². The second-order valence-corrected chi connectivity index (χ2v) is 5.31. The van der Waals surface area contributed by atoms with E-state index < -0.39 is 0 Å². The Labute approximate surface area is 136 Å². The fraction of sp³-hybridized carbons (Fsp3) is 0.211. The van der Waals surface area contributed by atoms with E-state index >= 15 is 0 Å². The number of carbonyl (C=O) groups excluding carboxylic acids is 1. The summed E-state index contributed by atoms with van der Waals surface area (Å²) in [6.07, 6.45) is 0.804. The first kappa shape index (κ1) is 16.6. The molecule has 4 heteroatoms. The predicted octanol–water partition coefficient (Wildman–Crippen LogP) is 4.46. The molecular formula is C19H20N2O2. The number of carbonyl (C=O) groups is 1. The Bertz CT molecular complexity index is 761. The van der Waals surface area contributed by atoms with E-state index in [0.717, 1.165) is 28.7 Å². The van der Waals surface area contributed by atoms with Crippen molar-refractivity contribution < 1.29 is 9.53 Å². The Morgan fingerprint density at radius 1 is 1.04 bits per heavy atom. The van der Waals surface area contributed by atoms with Gasteiger partial charge in [-0.3, -0.25) is 15.6 Å². The molecule has 0 spiro atoms. The number of Topliss-reactive ketones (excluding diaryl/α,β-unsaturated/α-hetero) is 1. The zero-order chi connectivity index (χ0) is 17.0. The molecule has 0 unspecified atom stereocenters. The largest absolute Gasteiger partial charge is 0.426 e. The van der Waals surface area contributed by atoms with E-state index in [9.17, 15) is 4.79 Å². The van der Waals surface area contributed by atoms with Gasteiger partial charge in [0, 0.05) is 18.1 Å². The van der Waals surface area contributed by atoms with Crippen molar-refractivity contribution in [3.05, 3.63) is 59.2 Å². The number of aryl methyl sites for hydroxylation is 1. The molecular weight excluding hydrogens is 288 g/mol. The second kappa shape index (κ2) is 7.01. The zero-order valence-corrected chi connectivity index (χ0v) is 13.6. The van der Waals surface area contributed by atoms with Gasteiger partial charge >= 0.3 is 0 Å². The molecule has 0 aliphatic rings. The Morgan fingerprint density at radius 2 is 1.70 bits per heavy atom. The van der Waals surface area contributed by atoms with Crippen LogP contribution in [0.2, 0.25) is 0 Å². The summed E-state index contributed by atoms with van der Waals surface area (Å²) in [4.78, 5) is 12.0. The van der Waals surface area contributed by atoms with Crippen LogP contribution in [-0.4, -0.2) is 17.6 Å². The van der Waals surface area contributed by atoms with Crippen molar-refractivity contribution in [1.29, 1.82) is 10.8 Å². The highest BCUT2D eigenvalue weighted by Crippen LogP contribution is 2.27. The van der Waals surface area contributed by atoms with E-state index in [1.165, 1.54) is 6.92 Å². The first-order valence-corrected chi connectivity index (χ1v) is 7.49. The van der Waals surface area contributed by atoms with Gasteiger partial charge in [-0.25, -0.2) is 0 Å². The maximum absolute atomic E-state index is 12.0. The molecule has 0 radical (unpaired) electrons. The zero-order valence-electron chi connectivity index (χ0n) is 13.6. The Balaban J connectivity index is 2.42. The summed E-state index contributed by atoms with van der Waals surface area (Å²) in [5.74, 6) is -0.0243. The summed E-state index contributed by atoms with van der Waals surface area (Å²) >= 11 is 0. The van der Waals surface area contributed by atoms with Crippen LogP contribution in [0.25, 0.3) is 11.1 Å². The minimum Gasteiger partial charge on any atom is -0.426 e. The molecule has 2 N–H and O–H groups in total. The average molecular weight is 308 g/mol. The Kier molecular flexibility index (Phi) is 5.06. The van der Waals surface area contributed by atoms with Crippen LogP contribution in [0.3, 0.4) is 0 Å². The van der Waals surface area contributed by atoms with E-state index in [2.05, 4.69) is 0 Å². The topological polar surface area (TPSA) is 74.0 Å². The fourth-order valence-electron chi connectivity index (χ4n) is 2.56. The standard InChI is InChI=1S/C19H20N2O2/c1-4-14-6-5-7-17(18(14)12(2)22)15-8-10-16(11-9-15)19(21)23-13(3)20/h5-11,20-21H,4H2,1-3H3. The first-order valence-electron chi connectivity index (χ1n) is 7.49. The highest BCUT2D eigenvalue weighted by Gasteiger charge is 2.13. The highest BCUT2D eigenvalue weighted by molar-refractivity contribution is 6.03. The molecule has 4 nitrogen and oxygen atoms in total. The predicted molar refractivity (Wildman–Crippen MR) is 92.6 cm³/mol. The molecule has 0 aliphatic carbocycles. The Morgan fingerprint density at radius 3 is 2.22 bits per heavy atom. The smallest absolute Gasteiger partial charge is 0.220 e. The number of ether oxygens (including phenoxy) is 1. The average Bonchev–Trinajstić information content (AvgIpc) is 2.53. The van der Waals surface area contributed by atoms with Crippen molar-refractivity contribution in [2.75, 3.05) is 0 Å². The summed E-state index contributed by atoms with van der Waals surface area (Å²) in [5, 5.41) is 15.1. The molecule has 0 atom stereocenters. The van der Waals surface area contributed by atoms with Gasteiger partial charge in [0.15, 0.2) is 11.7 Å². The lowest BCUT2D eigenvalue weighted by Gasteiger charge is -2.12. The fourth-order valence-corrected chi connectivity index (χ4v) is 2.56. The summed E-state index contributed by atoms with van der Waals surface area (Å²) in [6, 6.07) is 13.1. The Hall–Kier alpha value is -2.75. The molecule has 0 heterocycles. The molecule has 0 aliphatic heterocycles. The molecule has 2 rings (SSSR count). The number of hydrogen-bond donors (Lipinski definition) is 2. The highest BCUT2D eigenvalue weighted by atomic mass is 16.5. The maximum atomic E-state index is 12.0. The van der Waals surface area contributed by atoms with E-state index in [-0.39, 0.29) is 17.6 Å². The van der Waals surface area contributed by atoms with Crippen LogP contribution in [0, 0.1) is 10.8 Å². The van der Waals surface area contributed by atoms with Crippen LogP contribution in [-0.2, 0) is 11.2 Å². The van der Waals surface area contributed by atoms with Gasteiger partial charge in [-0.1, -0.05) is 37.3 Å². The van der Waals surface area contributed by atoms with Crippen LogP contribution in [0.5, 0.6) is 0 Å². The summed E-state index contributed by atoms with van der Waals surface area (Å²) in [5.41, 5.74) is 4.21. The molecule has 2 aromatic carbocycles. The van der Waals surface area contributed by atoms with Crippen LogP contribution in [0.1, 0.15) is 42.3 Å². The minimum absolute atomic E-state index is 0.0198. The van der Waals surface area contributed by atoms with E-state index in [1.807, 2.05) is 37.3 Å². The van der Waals surface area contributed by atoms with Gasteiger partial charge in [-0.05, 0) is 42.2 Å². The van der Waals surface area contributed by atoms with E-state index in [0.29, 0.717) is 5.56 Å². The van der Waals surface area contributed by atoms with Gasteiger partial charge in [0.25, 0.3) is 0 Å². The third kappa shape index (κ3) is 3.72. The lowest BCUT2D eigenvalue weighted by atomic mass is 9.92. The van der Waals surface area contributed by atoms with Crippen molar-refractivity contribution in [3.8, 4) is 11.1 Å². The van der Waals surface area contributed by atoms with Gasteiger partial charge in [-0.15, -0.1) is 0 Å². The van der Waals surface area contributed by atoms with E-state index in [1.54, 1.807) is 19.1 Å². The van der Waals surface area contributed by atoms with Crippen LogP contribution < -0.4 is 0 Å². The van der Waals surface area contributed by atoms with Crippen molar-refractivity contribution >= 4 is 17.6 Å². The number of nitrogens with one attached hydrogen (secondary N) is 2. The molecule has 0 aromatic heterocycles. The molecule has 0 amide bonds. The quantitative estimate of drug-likeness (QED) is 0.497. The first-order chi connectivity index (χ1) is 10.9. The van der Waals surface area contributed by atoms with Gasteiger partial charge in [0.05, 0.1) is 0 Å². The molecule has 0 saturated carbocycles. The van der Waals surface area contributed by atoms with Gasteiger partial charge in [-0.2, -0.15) is 0 Å². The van der Waals surface area contributed by atoms with Crippen LogP contribution in [0.15, 0.2) is 42.5 Å². The van der Waals surface area contributed by atoms with Crippen molar-refractivity contribution in [1.82, 2.24) is 0 Å². The lowest BCUT2D eigenvalue weighted by Crippen LogP contribution is -2.08. The number of hydrogen-bond acceptors (Lipinski definition) is 4. The monoisotopic (exact) mass is 308 g/mol. The third-order valence-electron chi connectivity index (χ3n) is 3.60. The molecule has 0 fully saturated rings. The molecule has 0 saturated heterocycles.